The molecule has 0 fully saturated rings. The van der Waals surface area contributed by atoms with Crippen molar-refractivity contribution in [2.75, 3.05) is 0 Å². The van der Waals surface area contributed by atoms with Crippen LogP contribution >= 0.6 is 0 Å². The quantitative estimate of drug-likeness (QED) is 0.420. The van der Waals surface area contributed by atoms with Crippen molar-refractivity contribution in [2.24, 2.45) is 0 Å². The van der Waals surface area contributed by atoms with Crippen molar-refractivity contribution in [1.82, 2.24) is 4.98 Å². The summed E-state index contributed by atoms with van der Waals surface area (Å²) in [6.45, 7) is 0. The van der Waals surface area contributed by atoms with E-state index in [0.717, 1.165) is 0 Å². The minimum atomic E-state index is -4.33. The van der Waals surface area contributed by atoms with Gasteiger partial charge in [0.05, 0.1) is 0 Å². The Balaban J connectivity index is -0.000000136. The molecule has 0 bridgehead atoms. The number of rotatable bonds is 0. The number of nitrogens with zero attached hydrogens (tertiary/aromatic N) is 1. The van der Waals surface area contributed by atoms with Crippen molar-refractivity contribution < 1.29 is 72.4 Å². The molecule has 0 saturated carbocycles. The Hall–Kier alpha value is 1.44. The average Bonchev–Trinajstić information content (AvgIpc) is 1.88. The van der Waals surface area contributed by atoms with Gasteiger partial charge in [-0.1, -0.05) is 6.07 Å². The molecule has 0 N–H and O–H groups in total. The van der Waals surface area contributed by atoms with Gasteiger partial charge in [0.25, 0.3) is 0 Å². The normalized spacial score (nSPS) is 8.15. The molecule has 1 aromatic rings. The van der Waals surface area contributed by atoms with Crippen molar-refractivity contribution >= 4 is 20.2 Å². The van der Waals surface area contributed by atoms with E-state index in [-0.39, 0.29) is 59.1 Å². The van der Waals surface area contributed by atoms with Crippen LogP contribution in [0.25, 0.3) is 0 Å². The van der Waals surface area contributed by atoms with E-state index >= 15 is 0 Å². The summed E-state index contributed by atoms with van der Waals surface area (Å²) >= 11 is 3.24. The van der Waals surface area contributed by atoms with Gasteiger partial charge in [-0.15, -0.1) is 9.05 Å². The van der Waals surface area contributed by atoms with Crippen LogP contribution in [0, 0.1) is 0 Å². The van der Waals surface area contributed by atoms with Gasteiger partial charge in [0, 0.05) is 12.4 Å². The van der Waals surface area contributed by atoms with Crippen molar-refractivity contribution in [1.29, 1.82) is 0 Å². The molecule has 4 nitrogen and oxygen atoms in total. The molecule has 0 aromatic carbocycles. The van der Waals surface area contributed by atoms with Crippen LogP contribution in [0.2, 0.25) is 0 Å². The second-order valence-corrected chi connectivity index (χ2v) is 3.47. The molecule has 0 radical (unpaired) electrons. The van der Waals surface area contributed by atoms with Gasteiger partial charge in [0.2, 0.25) is 0 Å². The van der Waals surface area contributed by atoms with Crippen LogP contribution in [0.4, 0.5) is 0 Å². The first-order valence-corrected chi connectivity index (χ1v) is 4.85. The van der Waals surface area contributed by atoms with Gasteiger partial charge < -0.3 is 9.11 Å². The first kappa shape index (κ1) is 19.9. The van der Waals surface area contributed by atoms with Gasteiger partial charge >= 0.3 is 59.1 Å². The fraction of sp³-hybridized carbons (Fsp3) is 0. The SMILES string of the molecule is O=S([O-])([O-])=S.[Na+].[Na+].c1ccncc1. The van der Waals surface area contributed by atoms with Gasteiger partial charge in [-0.25, -0.2) is 0 Å². The first-order chi connectivity index (χ1) is 5.00. The molecule has 1 rings (SSSR count). The molecule has 62 valence electrons. The standard InChI is InChI=1S/C5H5N.2Na.H2O3S2/c1-2-4-6-5-3-1;;;1-5(2,3)4/h1-5H;;;(H2,1,2,3,4)/q;2*+1;/p-2. The maximum Gasteiger partial charge on any atom is 1.00 e. The van der Waals surface area contributed by atoms with Gasteiger partial charge in [0.1, 0.15) is 0 Å². The molecule has 1 aromatic heterocycles. The van der Waals surface area contributed by atoms with E-state index in [4.69, 9.17) is 13.3 Å². The monoisotopic (exact) mass is 237 g/mol. The molecule has 0 aliphatic rings. The predicted molar refractivity (Wildman–Crippen MR) is 41.3 cm³/mol. The van der Waals surface area contributed by atoms with Gasteiger partial charge in [0.15, 0.2) is 0 Å². The number of hydrogen-bond acceptors (Lipinski definition) is 5. The Morgan fingerprint density at radius 2 is 1.38 bits per heavy atom. The van der Waals surface area contributed by atoms with Crippen LogP contribution in [0.5, 0.6) is 0 Å². The Bertz CT molecular complexity index is 244. The summed E-state index contributed by atoms with van der Waals surface area (Å²) < 4.78 is 26.7. The summed E-state index contributed by atoms with van der Waals surface area (Å²) in [6.07, 6.45) is 3.50. The maximum absolute atomic E-state index is 8.89. The summed E-state index contributed by atoms with van der Waals surface area (Å²) in [4.78, 5) is 3.78. The summed E-state index contributed by atoms with van der Waals surface area (Å²) in [7, 11) is -4.33. The van der Waals surface area contributed by atoms with Crippen molar-refractivity contribution in [3.63, 3.8) is 0 Å². The second-order valence-electron chi connectivity index (χ2n) is 1.43. The van der Waals surface area contributed by atoms with Crippen LogP contribution in [0.15, 0.2) is 30.6 Å². The van der Waals surface area contributed by atoms with Crippen molar-refractivity contribution in [3.8, 4) is 0 Å². The fourth-order valence-electron chi connectivity index (χ4n) is 0.313. The smallest absolute Gasteiger partial charge is 0.780 e. The molecule has 0 spiro atoms. The van der Waals surface area contributed by atoms with E-state index in [1.807, 2.05) is 18.2 Å². The third kappa shape index (κ3) is 31.8. The minimum Gasteiger partial charge on any atom is -0.780 e. The third-order valence-electron chi connectivity index (χ3n) is 0.566. The van der Waals surface area contributed by atoms with E-state index in [9.17, 15) is 0 Å². The summed E-state index contributed by atoms with van der Waals surface area (Å²) in [5.41, 5.74) is 0. The zero-order chi connectivity index (χ0) is 8.74. The van der Waals surface area contributed by atoms with E-state index in [0.29, 0.717) is 0 Å². The van der Waals surface area contributed by atoms with Gasteiger partial charge in [-0.2, -0.15) is 0 Å². The molecule has 0 atom stereocenters. The average molecular weight is 237 g/mol. The predicted octanol–water partition coefficient (Wildman–Crippen LogP) is -5.92. The third-order valence-corrected chi connectivity index (χ3v) is 0.566. The zero-order valence-corrected chi connectivity index (χ0v) is 13.0. The first-order valence-electron chi connectivity index (χ1n) is 2.52. The molecule has 0 aliphatic heterocycles. The summed E-state index contributed by atoms with van der Waals surface area (Å²) in [5.74, 6) is 0. The largest absolute Gasteiger partial charge is 1.00 e. The molecular formula is C5H5NNa2O3S2. The Labute approximate surface area is 126 Å². The van der Waals surface area contributed by atoms with E-state index in [1.165, 1.54) is 0 Å². The molecule has 0 amide bonds. The van der Waals surface area contributed by atoms with Crippen LogP contribution in [-0.4, -0.2) is 18.3 Å². The summed E-state index contributed by atoms with van der Waals surface area (Å²) in [6, 6.07) is 5.72. The molecule has 0 unspecified atom stereocenters. The van der Waals surface area contributed by atoms with Crippen LogP contribution in [0.3, 0.4) is 0 Å². The number of pyridine rings is 1. The molecule has 0 aliphatic carbocycles. The Kier molecular flexibility index (Phi) is 17.7. The van der Waals surface area contributed by atoms with Gasteiger partial charge in [-0.05, 0) is 23.3 Å². The zero-order valence-electron chi connectivity index (χ0n) is 7.38. The maximum atomic E-state index is 8.89. The van der Waals surface area contributed by atoms with Crippen LogP contribution < -0.4 is 59.1 Å². The topological polar surface area (TPSA) is 76.1 Å². The molecular weight excluding hydrogens is 232 g/mol. The van der Waals surface area contributed by atoms with Crippen LogP contribution in [0.1, 0.15) is 0 Å². The van der Waals surface area contributed by atoms with Crippen molar-refractivity contribution in [3.05, 3.63) is 30.6 Å². The molecule has 1 heterocycles. The van der Waals surface area contributed by atoms with Crippen molar-refractivity contribution in [2.45, 2.75) is 0 Å². The second kappa shape index (κ2) is 11.5. The van der Waals surface area contributed by atoms with E-state index < -0.39 is 9.05 Å². The van der Waals surface area contributed by atoms with Gasteiger partial charge in [-0.3, -0.25) is 9.19 Å². The molecule has 13 heavy (non-hydrogen) atoms. The van der Waals surface area contributed by atoms with E-state index in [2.05, 4.69) is 16.2 Å². The fourth-order valence-corrected chi connectivity index (χ4v) is 0.313. The van der Waals surface area contributed by atoms with E-state index in [1.54, 1.807) is 12.4 Å². The minimum absolute atomic E-state index is 0. The molecule has 8 heteroatoms. The van der Waals surface area contributed by atoms with Crippen LogP contribution in [-0.2, 0) is 20.2 Å². The number of aromatic nitrogens is 1. The summed E-state index contributed by atoms with van der Waals surface area (Å²) in [5, 5.41) is 0. The molecule has 0 saturated heterocycles. The number of hydrogen-bond donors (Lipinski definition) is 0. The Morgan fingerprint density at radius 3 is 1.46 bits per heavy atom. The Morgan fingerprint density at radius 1 is 1.08 bits per heavy atom.